The summed E-state index contributed by atoms with van der Waals surface area (Å²) in [5.74, 6) is -0.152. The van der Waals surface area contributed by atoms with Crippen molar-refractivity contribution in [2.75, 3.05) is 5.32 Å². The van der Waals surface area contributed by atoms with Crippen LogP contribution in [0.25, 0.3) is 5.65 Å². The molecular weight excluding hydrogens is 407 g/mol. The number of aromatic nitrogens is 2. The SMILES string of the molecule is CCc1nc2c(Cl)cc(C(F)(F)F)cn2c1C(=O)Nc1ccccc1OC(C)C. The lowest BCUT2D eigenvalue weighted by Gasteiger charge is -2.15. The van der Waals surface area contributed by atoms with Gasteiger partial charge in [-0.3, -0.25) is 9.20 Å². The molecule has 0 bridgehead atoms. The number of alkyl halides is 3. The second kappa shape index (κ2) is 7.94. The Morgan fingerprint density at radius 3 is 2.62 bits per heavy atom. The Morgan fingerprint density at radius 1 is 1.31 bits per heavy atom. The molecule has 2 heterocycles. The van der Waals surface area contributed by atoms with E-state index in [2.05, 4.69) is 10.3 Å². The van der Waals surface area contributed by atoms with Gasteiger partial charge in [0.1, 0.15) is 11.4 Å². The molecule has 0 atom stereocenters. The van der Waals surface area contributed by atoms with Gasteiger partial charge in [-0.05, 0) is 38.5 Å². The van der Waals surface area contributed by atoms with Gasteiger partial charge in [0.05, 0.1) is 28.1 Å². The summed E-state index contributed by atoms with van der Waals surface area (Å²) in [7, 11) is 0. The Hall–Kier alpha value is -2.74. The minimum Gasteiger partial charge on any atom is -0.489 e. The summed E-state index contributed by atoms with van der Waals surface area (Å²) in [6.07, 6.45) is -3.56. The summed E-state index contributed by atoms with van der Waals surface area (Å²) in [4.78, 5) is 17.3. The molecule has 154 valence electrons. The van der Waals surface area contributed by atoms with E-state index < -0.39 is 17.6 Å². The van der Waals surface area contributed by atoms with Crippen LogP contribution in [0.1, 0.15) is 42.5 Å². The number of rotatable bonds is 5. The zero-order valence-electron chi connectivity index (χ0n) is 16.0. The Morgan fingerprint density at radius 2 is 2.00 bits per heavy atom. The van der Waals surface area contributed by atoms with Crippen LogP contribution in [0.5, 0.6) is 5.75 Å². The first-order valence-corrected chi connectivity index (χ1v) is 9.34. The third-order valence-corrected chi connectivity index (χ3v) is 4.40. The quantitative estimate of drug-likeness (QED) is 0.578. The fourth-order valence-electron chi connectivity index (χ4n) is 2.90. The van der Waals surface area contributed by atoms with Gasteiger partial charge in [-0.25, -0.2) is 4.98 Å². The second-order valence-electron chi connectivity index (χ2n) is 6.65. The van der Waals surface area contributed by atoms with Crippen LogP contribution in [0.4, 0.5) is 18.9 Å². The molecular formula is C20H19ClF3N3O2. The lowest BCUT2D eigenvalue weighted by molar-refractivity contribution is -0.137. The first-order valence-electron chi connectivity index (χ1n) is 8.96. The molecule has 2 aromatic heterocycles. The number of ether oxygens (including phenoxy) is 1. The van der Waals surface area contributed by atoms with Crippen LogP contribution in [-0.2, 0) is 12.6 Å². The number of imidazole rings is 1. The van der Waals surface area contributed by atoms with Crippen LogP contribution >= 0.6 is 11.6 Å². The lowest BCUT2D eigenvalue weighted by Crippen LogP contribution is -2.18. The van der Waals surface area contributed by atoms with Gasteiger partial charge in [-0.1, -0.05) is 30.7 Å². The number of nitrogens with zero attached hydrogens (tertiary/aromatic N) is 2. The van der Waals surface area contributed by atoms with E-state index in [1.807, 2.05) is 13.8 Å². The molecule has 3 aromatic rings. The molecule has 0 saturated carbocycles. The van der Waals surface area contributed by atoms with Crippen LogP contribution in [0.15, 0.2) is 36.5 Å². The normalized spacial score (nSPS) is 11.9. The van der Waals surface area contributed by atoms with Crippen molar-refractivity contribution in [1.29, 1.82) is 0 Å². The molecule has 0 radical (unpaired) electrons. The van der Waals surface area contributed by atoms with Gasteiger partial charge in [0.2, 0.25) is 0 Å². The van der Waals surface area contributed by atoms with Crippen molar-refractivity contribution >= 4 is 28.8 Å². The zero-order valence-corrected chi connectivity index (χ0v) is 16.7. The molecule has 0 fully saturated rings. The van der Waals surface area contributed by atoms with Crippen LogP contribution in [0.3, 0.4) is 0 Å². The lowest BCUT2D eigenvalue weighted by atomic mass is 10.2. The number of anilines is 1. The van der Waals surface area contributed by atoms with Crippen LogP contribution in [-0.4, -0.2) is 21.4 Å². The number of benzene rings is 1. The largest absolute Gasteiger partial charge is 0.489 e. The van der Waals surface area contributed by atoms with Crippen LogP contribution in [0, 0.1) is 0 Å². The summed E-state index contributed by atoms with van der Waals surface area (Å²) in [5.41, 5.74) is -0.136. The highest BCUT2D eigenvalue weighted by molar-refractivity contribution is 6.33. The van der Waals surface area contributed by atoms with Crippen molar-refractivity contribution in [2.45, 2.75) is 39.5 Å². The number of hydrogen-bond donors (Lipinski definition) is 1. The molecule has 0 saturated heterocycles. The monoisotopic (exact) mass is 425 g/mol. The topological polar surface area (TPSA) is 55.6 Å². The van der Waals surface area contributed by atoms with Gasteiger partial charge in [-0.15, -0.1) is 0 Å². The van der Waals surface area contributed by atoms with Crippen LogP contribution < -0.4 is 10.1 Å². The fourth-order valence-corrected chi connectivity index (χ4v) is 3.15. The average molecular weight is 426 g/mol. The van der Waals surface area contributed by atoms with Crippen molar-refractivity contribution < 1.29 is 22.7 Å². The number of halogens is 4. The van der Waals surface area contributed by atoms with E-state index in [1.165, 1.54) is 0 Å². The first kappa shape index (κ1) is 21.0. The molecule has 0 aliphatic rings. The van der Waals surface area contributed by atoms with Gasteiger partial charge in [0.25, 0.3) is 5.91 Å². The zero-order chi connectivity index (χ0) is 21.3. The highest BCUT2D eigenvalue weighted by Crippen LogP contribution is 2.33. The number of carbonyl (C=O) groups excluding carboxylic acids is 1. The maximum atomic E-state index is 13.2. The maximum Gasteiger partial charge on any atom is 0.417 e. The molecule has 3 rings (SSSR count). The Labute approximate surface area is 170 Å². The molecule has 0 spiro atoms. The Bertz CT molecular complexity index is 1060. The number of carbonyl (C=O) groups is 1. The maximum absolute atomic E-state index is 13.2. The van der Waals surface area contributed by atoms with Crippen molar-refractivity contribution in [2.24, 2.45) is 0 Å². The minimum atomic E-state index is -4.61. The predicted octanol–water partition coefficient (Wildman–Crippen LogP) is 5.61. The van der Waals surface area contributed by atoms with Crippen molar-refractivity contribution in [1.82, 2.24) is 9.38 Å². The molecule has 1 amide bonds. The third kappa shape index (κ3) is 4.32. The molecule has 1 N–H and O–H groups in total. The number of amides is 1. The summed E-state index contributed by atoms with van der Waals surface area (Å²) < 4.78 is 46.5. The molecule has 9 heteroatoms. The van der Waals surface area contributed by atoms with E-state index in [9.17, 15) is 18.0 Å². The van der Waals surface area contributed by atoms with Crippen LogP contribution in [0.2, 0.25) is 5.02 Å². The number of hydrogen-bond acceptors (Lipinski definition) is 3. The van der Waals surface area contributed by atoms with E-state index in [0.717, 1.165) is 16.7 Å². The minimum absolute atomic E-state index is 0.00477. The molecule has 5 nitrogen and oxygen atoms in total. The molecule has 1 aromatic carbocycles. The number of fused-ring (bicyclic) bond motifs is 1. The van der Waals surface area contributed by atoms with Gasteiger partial charge >= 0.3 is 6.18 Å². The van der Waals surface area contributed by atoms with Gasteiger partial charge in [-0.2, -0.15) is 13.2 Å². The summed E-state index contributed by atoms with van der Waals surface area (Å²) >= 11 is 6.02. The first-order chi connectivity index (χ1) is 13.6. The summed E-state index contributed by atoms with van der Waals surface area (Å²) in [6.45, 7) is 5.45. The van der Waals surface area contributed by atoms with Crippen molar-refractivity contribution in [3.8, 4) is 5.75 Å². The standard InChI is InChI=1S/C20H19ClF3N3O2/c1-4-14-17(19(28)26-15-7-5-6-8-16(15)29-11(2)3)27-10-12(20(22,23)24)9-13(21)18(27)25-14/h5-11H,4H2,1-3H3,(H,26,28). The number of pyridine rings is 1. The highest BCUT2D eigenvalue weighted by Gasteiger charge is 2.33. The van der Waals surface area contributed by atoms with Crippen molar-refractivity contribution in [3.63, 3.8) is 0 Å². The van der Waals surface area contributed by atoms with E-state index in [-0.39, 0.29) is 22.5 Å². The predicted molar refractivity (Wildman–Crippen MR) is 105 cm³/mol. The Balaban J connectivity index is 2.09. The molecule has 29 heavy (non-hydrogen) atoms. The molecule has 0 aliphatic heterocycles. The second-order valence-corrected chi connectivity index (χ2v) is 7.05. The smallest absolute Gasteiger partial charge is 0.417 e. The van der Waals surface area contributed by atoms with Gasteiger partial charge < -0.3 is 10.1 Å². The third-order valence-electron chi connectivity index (χ3n) is 4.12. The summed E-state index contributed by atoms with van der Waals surface area (Å²) in [6, 6.07) is 7.63. The highest BCUT2D eigenvalue weighted by atomic mass is 35.5. The van der Waals surface area contributed by atoms with E-state index in [0.29, 0.717) is 23.6 Å². The summed E-state index contributed by atoms with van der Waals surface area (Å²) in [5, 5.41) is 2.53. The van der Waals surface area contributed by atoms with Crippen molar-refractivity contribution in [3.05, 3.63) is 58.5 Å². The van der Waals surface area contributed by atoms with E-state index in [1.54, 1.807) is 31.2 Å². The number of para-hydroxylation sites is 2. The fraction of sp³-hybridized carbons (Fsp3) is 0.300. The van der Waals surface area contributed by atoms with E-state index in [4.69, 9.17) is 16.3 Å². The number of aryl methyl sites for hydroxylation is 1. The Kier molecular flexibility index (Phi) is 5.75. The number of nitrogens with one attached hydrogen (secondary N) is 1. The molecule has 0 unspecified atom stereocenters. The average Bonchev–Trinajstić information content (AvgIpc) is 3.01. The van der Waals surface area contributed by atoms with Gasteiger partial charge in [0.15, 0.2) is 5.65 Å². The molecule has 0 aliphatic carbocycles. The van der Waals surface area contributed by atoms with E-state index >= 15 is 0 Å². The van der Waals surface area contributed by atoms with Gasteiger partial charge in [0, 0.05) is 6.20 Å².